The molecule has 0 unspecified atom stereocenters. The molecule has 160 valence electrons. The van der Waals surface area contributed by atoms with Crippen molar-refractivity contribution < 1.29 is 24.5 Å². The first kappa shape index (κ1) is 19.6. The zero-order chi connectivity index (χ0) is 22.1. The Bertz CT molecular complexity index is 1340. The van der Waals surface area contributed by atoms with Gasteiger partial charge in [0, 0.05) is 10.9 Å². The number of aliphatic hydroxyl groups is 1. The van der Waals surface area contributed by atoms with Crippen molar-refractivity contribution in [1.29, 1.82) is 0 Å². The van der Waals surface area contributed by atoms with Gasteiger partial charge in [-0.25, -0.2) is 9.78 Å². The number of nitrogens with zero attached hydrogens (tertiary/aromatic N) is 2. The molecule has 1 aromatic carbocycles. The van der Waals surface area contributed by atoms with Crippen LogP contribution >= 0.6 is 0 Å². The summed E-state index contributed by atoms with van der Waals surface area (Å²) < 4.78 is 12.4. The first-order chi connectivity index (χ1) is 14.8. The molecule has 31 heavy (non-hydrogen) atoms. The second-order valence-electron chi connectivity index (χ2n) is 7.91. The molecule has 4 heterocycles. The highest BCUT2D eigenvalue weighted by atomic mass is 16.6. The highest BCUT2D eigenvalue weighted by Gasteiger charge is 2.48. The third-order valence-electron chi connectivity index (χ3n) is 6.39. The van der Waals surface area contributed by atoms with E-state index in [0.717, 1.165) is 17.5 Å². The van der Waals surface area contributed by atoms with E-state index in [9.17, 15) is 19.8 Å². The summed E-state index contributed by atoms with van der Waals surface area (Å²) in [7, 11) is 1.44. The van der Waals surface area contributed by atoms with Gasteiger partial charge in [0.2, 0.25) is 0 Å². The molecule has 0 saturated heterocycles. The van der Waals surface area contributed by atoms with Crippen LogP contribution in [0.15, 0.2) is 23.0 Å². The first-order valence-electron chi connectivity index (χ1n) is 10.2. The van der Waals surface area contributed by atoms with Crippen molar-refractivity contribution in [2.75, 3.05) is 7.11 Å². The minimum atomic E-state index is -1.97. The Hall–Kier alpha value is -3.39. The Labute approximate surface area is 177 Å². The van der Waals surface area contributed by atoms with E-state index >= 15 is 0 Å². The third-order valence-corrected chi connectivity index (χ3v) is 6.39. The number of cyclic esters (lactones) is 1. The normalized spacial score (nSPS) is 19.0. The van der Waals surface area contributed by atoms with Gasteiger partial charge in [-0.1, -0.05) is 19.9 Å². The Morgan fingerprint density at radius 1 is 1.29 bits per heavy atom. The predicted octanol–water partition coefficient (Wildman–Crippen LogP) is 2.36. The summed E-state index contributed by atoms with van der Waals surface area (Å²) in [6.45, 7) is 3.67. The second-order valence-corrected chi connectivity index (χ2v) is 7.91. The average molecular weight is 422 g/mol. The molecular formula is C23H22N2O6. The number of esters is 1. The van der Waals surface area contributed by atoms with Crippen LogP contribution in [-0.4, -0.2) is 32.8 Å². The molecule has 0 aliphatic carbocycles. The minimum absolute atomic E-state index is 0.0317. The lowest BCUT2D eigenvalue weighted by Crippen LogP contribution is -2.44. The van der Waals surface area contributed by atoms with Crippen LogP contribution in [0.25, 0.3) is 22.3 Å². The number of phenols is 1. The van der Waals surface area contributed by atoms with Crippen LogP contribution in [0.4, 0.5) is 0 Å². The number of hydrogen-bond donors (Lipinski definition) is 2. The summed E-state index contributed by atoms with van der Waals surface area (Å²) in [6, 6.07) is 5.31. The number of carbonyl (C=O) groups excluding carboxylic acids is 1. The number of aromatic nitrogens is 2. The van der Waals surface area contributed by atoms with Crippen molar-refractivity contribution in [3.05, 3.63) is 50.8 Å². The number of benzene rings is 1. The fourth-order valence-corrected chi connectivity index (χ4v) is 4.71. The fraction of sp³-hybridized carbons (Fsp3) is 0.348. The summed E-state index contributed by atoms with van der Waals surface area (Å²) >= 11 is 0. The van der Waals surface area contributed by atoms with Gasteiger partial charge in [-0.2, -0.15) is 0 Å². The SMILES string of the molecule is CCc1ccc(O)c2cc3c(nc12)-c1c(OC)c2c(c(=O)n1C3)COC(=O)[C@]2(O)CC. The van der Waals surface area contributed by atoms with Gasteiger partial charge in [-0.3, -0.25) is 9.36 Å². The van der Waals surface area contributed by atoms with Crippen molar-refractivity contribution in [2.24, 2.45) is 0 Å². The molecule has 1 atom stereocenters. The molecule has 2 aromatic heterocycles. The van der Waals surface area contributed by atoms with Crippen LogP contribution in [0.1, 0.15) is 42.5 Å². The summed E-state index contributed by atoms with van der Waals surface area (Å²) in [5.74, 6) is -0.427. The van der Waals surface area contributed by atoms with Crippen molar-refractivity contribution >= 4 is 16.9 Å². The molecule has 8 heteroatoms. The molecule has 2 aliphatic rings. The molecule has 5 rings (SSSR count). The van der Waals surface area contributed by atoms with Crippen LogP contribution in [0, 0.1) is 0 Å². The summed E-state index contributed by atoms with van der Waals surface area (Å²) in [5, 5.41) is 22.1. The van der Waals surface area contributed by atoms with E-state index < -0.39 is 11.6 Å². The number of hydrogen-bond acceptors (Lipinski definition) is 7. The third kappa shape index (κ3) is 2.42. The van der Waals surface area contributed by atoms with Gasteiger partial charge in [0.25, 0.3) is 5.56 Å². The summed E-state index contributed by atoms with van der Waals surface area (Å²) in [5.41, 5.74) is 1.37. The number of fused-ring (bicyclic) bond motifs is 5. The maximum atomic E-state index is 13.4. The van der Waals surface area contributed by atoms with Crippen molar-refractivity contribution in [2.45, 2.75) is 45.4 Å². The highest BCUT2D eigenvalue weighted by molar-refractivity contribution is 5.92. The van der Waals surface area contributed by atoms with Crippen molar-refractivity contribution in [3.8, 4) is 22.9 Å². The number of methoxy groups -OCH3 is 1. The summed E-state index contributed by atoms with van der Waals surface area (Å²) in [4.78, 5) is 30.6. The van der Waals surface area contributed by atoms with E-state index in [1.54, 1.807) is 13.0 Å². The molecule has 8 nitrogen and oxygen atoms in total. The van der Waals surface area contributed by atoms with E-state index in [-0.39, 0.29) is 47.8 Å². The summed E-state index contributed by atoms with van der Waals surface area (Å²) in [6.07, 6.45) is 0.752. The fourth-order valence-electron chi connectivity index (χ4n) is 4.71. The van der Waals surface area contributed by atoms with Crippen LogP contribution < -0.4 is 10.3 Å². The molecule has 0 amide bonds. The smallest absolute Gasteiger partial charge is 0.343 e. The zero-order valence-electron chi connectivity index (χ0n) is 17.5. The second kappa shape index (κ2) is 6.55. The van der Waals surface area contributed by atoms with E-state index in [0.29, 0.717) is 22.3 Å². The molecule has 3 aromatic rings. The molecule has 2 N–H and O–H groups in total. The Kier molecular flexibility index (Phi) is 4.14. The van der Waals surface area contributed by atoms with Gasteiger partial charge in [0.1, 0.15) is 18.1 Å². The maximum absolute atomic E-state index is 13.4. The number of ether oxygens (including phenoxy) is 2. The monoisotopic (exact) mass is 422 g/mol. The number of carbonyl (C=O) groups is 1. The molecule has 0 fully saturated rings. The first-order valence-corrected chi connectivity index (χ1v) is 10.2. The van der Waals surface area contributed by atoms with Gasteiger partial charge < -0.3 is 19.7 Å². The maximum Gasteiger partial charge on any atom is 0.343 e. The van der Waals surface area contributed by atoms with Crippen molar-refractivity contribution in [1.82, 2.24) is 9.55 Å². The van der Waals surface area contributed by atoms with Crippen molar-refractivity contribution in [3.63, 3.8) is 0 Å². The lowest BCUT2D eigenvalue weighted by molar-refractivity contribution is -0.172. The van der Waals surface area contributed by atoms with Crippen LogP contribution in [0.3, 0.4) is 0 Å². The molecule has 0 spiro atoms. The van der Waals surface area contributed by atoms with Gasteiger partial charge in [-0.05, 0) is 30.5 Å². The van der Waals surface area contributed by atoms with Gasteiger partial charge in [-0.15, -0.1) is 0 Å². The topological polar surface area (TPSA) is 111 Å². The Balaban J connectivity index is 1.90. The zero-order valence-corrected chi connectivity index (χ0v) is 17.5. The Morgan fingerprint density at radius 2 is 2.06 bits per heavy atom. The van der Waals surface area contributed by atoms with Crippen LogP contribution in [0.2, 0.25) is 0 Å². The number of rotatable bonds is 3. The van der Waals surface area contributed by atoms with E-state index in [1.165, 1.54) is 11.7 Å². The molecular weight excluding hydrogens is 400 g/mol. The number of aromatic hydroxyl groups is 1. The van der Waals surface area contributed by atoms with E-state index in [1.807, 2.05) is 19.1 Å². The lowest BCUT2D eigenvalue weighted by Gasteiger charge is -2.33. The number of pyridine rings is 2. The molecule has 0 bridgehead atoms. The molecule has 2 aliphatic heterocycles. The highest BCUT2D eigenvalue weighted by Crippen LogP contribution is 2.47. The Morgan fingerprint density at radius 3 is 2.74 bits per heavy atom. The van der Waals surface area contributed by atoms with E-state index in [4.69, 9.17) is 14.5 Å². The number of aryl methyl sites for hydroxylation is 1. The molecule has 0 radical (unpaired) electrons. The lowest BCUT2D eigenvalue weighted by atomic mass is 9.85. The predicted molar refractivity (Wildman–Crippen MR) is 112 cm³/mol. The quantitative estimate of drug-likeness (QED) is 0.488. The van der Waals surface area contributed by atoms with Gasteiger partial charge in [0.05, 0.1) is 36.0 Å². The van der Waals surface area contributed by atoms with Crippen LogP contribution in [0.5, 0.6) is 11.5 Å². The molecule has 0 saturated carbocycles. The minimum Gasteiger partial charge on any atom is -0.507 e. The largest absolute Gasteiger partial charge is 0.507 e. The van der Waals surface area contributed by atoms with Gasteiger partial charge >= 0.3 is 5.97 Å². The van der Waals surface area contributed by atoms with E-state index in [2.05, 4.69) is 0 Å². The van der Waals surface area contributed by atoms with Gasteiger partial charge in [0.15, 0.2) is 11.4 Å². The average Bonchev–Trinajstić information content (AvgIpc) is 3.15. The standard InChI is InChI=1S/C23H22N2O6/c1-4-11-6-7-15(26)13-8-12-9-25-19(18(12)24-17(11)13)20(30-3)16-14(21(25)27)10-31-22(28)23(16,29)5-2/h6-8,26,29H,4-5,9-10H2,1-3H3/t23-/m0/s1. The van der Waals surface area contributed by atoms with Crippen LogP contribution in [-0.2, 0) is 34.7 Å². The number of phenolic OH excluding ortho intramolecular Hbond substituents is 1.